The van der Waals surface area contributed by atoms with Crippen molar-refractivity contribution in [2.75, 3.05) is 6.61 Å². The van der Waals surface area contributed by atoms with Gasteiger partial charge < -0.3 is 9.84 Å². The molecule has 0 saturated heterocycles. The minimum absolute atomic E-state index is 0.188. The standard InChI is InChI=1S/C16H22ClN3O2/c1-12(2)7-16(21,8-20-11-18-10-19-20)9-22-15-5-4-14(17)6-13(15)3/h4-6,10-12,21H,7-9H2,1-3H3. The highest BCUT2D eigenvalue weighted by molar-refractivity contribution is 6.30. The van der Waals surface area contributed by atoms with Crippen LogP contribution in [-0.4, -0.2) is 32.1 Å². The molecule has 0 aliphatic carbocycles. The van der Waals surface area contributed by atoms with E-state index < -0.39 is 5.60 Å². The van der Waals surface area contributed by atoms with E-state index in [2.05, 4.69) is 23.9 Å². The lowest BCUT2D eigenvalue weighted by molar-refractivity contribution is -0.0375. The van der Waals surface area contributed by atoms with E-state index in [1.165, 1.54) is 6.33 Å². The number of ether oxygens (including phenoxy) is 1. The molecule has 0 saturated carbocycles. The number of hydrogen-bond acceptors (Lipinski definition) is 4. The van der Waals surface area contributed by atoms with Crippen LogP contribution < -0.4 is 4.74 Å². The topological polar surface area (TPSA) is 60.2 Å². The van der Waals surface area contributed by atoms with Crippen LogP contribution in [0, 0.1) is 12.8 Å². The molecule has 0 fully saturated rings. The van der Waals surface area contributed by atoms with Crippen LogP contribution in [0.3, 0.4) is 0 Å². The average Bonchev–Trinajstić information content (AvgIpc) is 2.89. The summed E-state index contributed by atoms with van der Waals surface area (Å²) in [5.41, 5.74) is -0.0614. The summed E-state index contributed by atoms with van der Waals surface area (Å²) in [7, 11) is 0. The molecule has 0 aliphatic rings. The first kappa shape index (κ1) is 16.8. The summed E-state index contributed by atoms with van der Waals surface area (Å²) in [4.78, 5) is 3.91. The second-order valence-corrected chi connectivity index (χ2v) is 6.55. The van der Waals surface area contributed by atoms with Gasteiger partial charge in [-0.05, 0) is 43.0 Å². The molecule has 0 amide bonds. The van der Waals surface area contributed by atoms with Crippen molar-refractivity contribution in [1.29, 1.82) is 0 Å². The van der Waals surface area contributed by atoms with Crippen LogP contribution >= 0.6 is 11.6 Å². The molecule has 0 spiro atoms. The summed E-state index contributed by atoms with van der Waals surface area (Å²) in [6.07, 6.45) is 3.67. The molecule has 1 aromatic heterocycles. The number of aliphatic hydroxyl groups is 1. The lowest BCUT2D eigenvalue weighted by Crippen LogP contribution is -2.42. The van der Waals surface area contributed by atoms with E-state index in [1.54, 1.807) is 17.1 Å². The van der Waals surface area contributed by atoms with E-state index in [-0.39, 0.29) is 6.61 Å². The maximum absolute atomic E-state index is 10.9. The lowest BCUT2D eigenvalue weighted by atomic mass is 9.93. The van der Waals surface area contributed by atoms with Gasteiger partial charge >= 0.3 is 0 Å². The van der Waals surface area contributed by atoms with Crippen molar-refractivity contribution in [3.05, 3.63) is 41.4 Å². The third-order valence-corrected chi connectivity index (χ3v) is 3.58. The number of nitrogens with zero attached hydrogens (tertiary/aromatic N) is 3. The molecule has 1 aromatic carbocycles. The molecule has 6 heteroatoms. The fourth-order valence-corrected chi connectivity index (χ4v) is 2.76. The maximum atomic E-state index is 10.9. The SMILES string of the molecule is Cc1cc(Cl)ccc1OCC(O)(CC(C)C)Cn1cncn1. The maximum Gasteiger partial charge on any atom is 0.137 e. The van der Waals surface area contributed by atoms with Gasteiger partial charge in [0.1, 0.15) is 30.6 Å². The van der Waals surface area contributed by atoms with Gasteiger partial charge in [0.25, 0.3) is 0 Å². The van der Waals surface area contributed by atoms with Crippen LogP contribution in [-0.2, 0) is 6.54 Å². The van der Waals surface area contributed by atoms with Crippen LogP contribution in [0.5, 0.6) is 5.75 Å². The van der Waals surface area contributed by atoms with Crippen LogP contribution in [0.1, 0.15) is 25.8 Å². The van der Waals surface area contributed by atoms with Crippen LogP contribution in [0.15, 0.2) is 30.9 Å². The average molecular weight is 324 g/mol. The molecule has 0 bridgehead atoms. The predicted octanol–water partition coefficient (Wildman–Crippen LogP) is 3.10. The number of halogens is 1. The Morgan fingerprint density at radius 1 is 1.41 bits per heavy atom. The van der Waals surface area contributed by atoms with Gasteiger partial charge in [-0.1, -0.05) is 25.4 Å². The third-order valence-electron chi connectivity index (χ3n) is 3.34. The Hall–Kier alpha value is -1.59. The van der Waals surface area contributed by atoms with E-state index in [1.807, 2.05) is 19.1 Å². The van der Waals surface area contributed by atoms with E-state index in [0.29, 0.717) is 23.9 Å². The van der Waals surface area contributed by atoms with Gasteiger partial charge in [0.15, 0.2) is 0 Å². The molecule has 1 atom stereocenters. The molecule has 0 aliphatic heterocycles. The first-order chi connectivity index (χ1) is 10.4. The monoisotopic (exact) mass is 323 g/mol. The van der Waals surface area contributed by atoms with Crippen LogP contribution in [0.25, 0.3) is 0 Å². The normalized spacial score (nSPS) is 14.1. The van der Waals surface area contributed by atoms with Crippen molar-refractivity contribution in [2.45, 2.75) is 39.3 Å². The molecular formula is C16H22ClN3O2. The highest BCUT2D eigenvalue weighted by Crippen LogP contribution is 2.25. The van der Waals surface area contributed by atoms with Crippen molar-refractivity contribution in [1.82, 2.24) is 14.8 Å². The molecule has 1 unspecified atom stereocenters. The fourth-order valence-electron chi connectivity index (χ4n) is 2.53. The van der Waals surface area contributed by atoms with E-state index >= 15 is 0 Å². The van der Waals surface area contributed by atoms with Crippen molar-refractivity contribution in [2.24, 2.45) is 5.92 Å². The van der Waals surface area contributed by atoms with Gasteiger partial charge in [-0.25, -0.2) is 9.67 Å². The van der Waals surface area contributed by atoms with Gasteiger partial charge in [0.2, 0.25) is 0 Å². The number of aromatic nitrogens is 3. The molecule has 1 heterocycles. The van der Waals surface area contributed by atoms with Gasteiger partial charge in [0.05, 0.1) is 6.54 Å². The highest BCUT2D eigenvalue weighted by atomic mass is 35.5. The smallest absolute Gasteiger partial charge is 0.137 e. The largest absolute Gasteiger partial charge is 0.490 e. The first-order valence-electron chi connectivity index (χ1n) is 7.32. The number of aryl methyl sites for hydroxylation is 1. The van der Waals surface area contributed by atoms with Gasteiger partial charge in [0, 0.05) is 5.02 Å². The zero-order valence-electron chi connectivity index (χ0n) is 13.2. The second-order valence-electron chi connectivity index (χ2n) is 6.11. The lowest BCUT2D eigenvalue weighted by Gasteiger charge is -2.29. The molecule has 5 nitrogen and oxygen atoms in total. The minimum Gasteiger partial charge on any atom is -0.490 e. The summed E-state index contributed by atoms with van der Waals surface area (Å²) in [6.45, 7) is 6.60. The van der Waals surface area contributed by atoms with E-state index in [4.69, 9.17) is 16.3 Å². The minimum atomic E-state index is -1.01. The molecule has 2 rings (SSSR count). The molecular weight excluding hydrogens is 302 g/mol. The summed E-state index contributed by atoms with van der Waals surface area (Å²) < 4.78 is 7.46. The number of rotatable bonds is 7. The van der Waals surface area contributed by atoms with Crippen molar-refractivity contribution < 1.29 is 9.84 Å². The fraction of sp³-hybridized carbons (Fsp3) is 0.500. The van der Waals surface area contributed by atoms with Gasteiger partial charge in [-0.15, -0.1) is 0 Å². The van der Waals surface area contributed by atoms with Crippen molar-refractivity contribution in [3.8, 4) is 5.75 Å². The Morgan fingerprint density at radius 2 is 2.18 bits per heavy atom. The van der Waals surface area contributed by atoms with E-state index in [0.717, 1.165) is 11.3 Å². The highest BCUT2D eigenvalue weighted by Gasteiger charge is 2.30. The molecule has 120 valence electrons. The van der Waals surface area contributed by atoms with Crippen molar-refractivity contribution in [3.63, 3.8) is 0 Å². The molecule has 1 N–H and O–H groups in total. The summed E-state index contributed by atoms with van der Waals surface area (Å²) in [6, 6.07) is 5.45. The Bertz CT molecular complexity index is 601. The third kappa shape index (κ3) is 4.71. The first-order valence-corrected chi connectivity index (χ1v) is 7.69. The number of hydrogen-bond donors (Lipinski definition) is 1. The quantitative estimate of drug-likeness (QED) is 0.850. The van der Waals surface area contributed by atoms with Crippen LogP contribution in [0.2, 0.25) is 5.02 Å². The Labute approximate surface area is 135 Å². The summed E-state index contributed by atoms with van der Waals surface area (Å²) >= 11 is 5.95. The van der Waals surface area contributed by atoms with Crippen LogP contribution in [0.4, 0.5) is 0 Å². The molecule has 2 aromatic rings. The molecule has 0 radical (unpaired) electrons. The van der Waals surface area contributed by atoms with E-state index in [9.17, 15) is 5.11 Å². The number of benzene rings is 1. The zero-order valence-corrected chi connectivity index (χ0v) is 13.9. The Kier molecular flexibility index (Phi) is 5.42. The van der Waals surface area contributed by atoms with Gasteiger partial charge in [-0.2, -0.15) is 5.10 Å². The Morgan fingerprint density at radius 3 is 2.77 bits per heavy atom. The summed E-state index contributed by atoms with van der Waals surface area (Å²) in [5, 5.41) is 15.7. The predicted molar refractivity (Wildman–Crippen MR) is 86.1 cm³/mol. The zero-order chi connectivity index (χ0) is 16.2. The van der Waals surface area contributed by atoms with Crippen molar-refractivity contribution >= 4 is 11.6 Å². The molecule has 22 heavy (non-hydrogen) atoms. The Balaban J connectivity index is 2.08. The second kappa shape index (κ2) is 7.11. The summed E-state index contributed by atoms with van der Waals surface area (Å²) in [5.74, 6) is 1.06. The van der Waals surface area contributed by atoms with Gasteiger partial charge in [-0.3, -0.25) is 0 Å².